The van der Waals surface area contributed by atoms with Gasteiger partial charge in [-0.2, -0.15) is 0 Å². The highest BCUT2D eigenvalue weighted by atomic mass is 16.4. The highest BCUT2D eigenvalue weighted by Crippen LogP contribution is 2.10. The zero-order chi connectivity index (χ0) is 14.5. The SMILES string of the molecule is Cc1cccc(CC(=O)Nc2cncc(C(=O)O)c2)c1. The summed E-state index contributed by atoms with van der Waals surface area (Å²) in [5, 5.41) is 11.5. The average Bonchev–Trinajstić information content (AvgIpc) is 2.38. The topological polar surface area (TPSA) is 79.3 Å². The number of carboxylic acids is 1. The van der Waals surface area contributed by atoms with Crippen LogP contribution in [0.3, 0.4) is 0 Å². The minimum absolute atomic E-state index is 0.0401. The third-order valence-electron chi connectivity index (χ3n) is 2.72. The van der Waals surface area contributed by atoms with Crippen molar-refractivity contribution < 1.29 is 14.7 Å². The zero-order valence-electron chi connectivity index (χ0n) is 11.0. The quantitative estimate of drug-likeness (QED) is 0.893. The van der Waals surface area contributed by atoms with E-state index in [-0.39, 0.29) is 17.9 Å². The molecule has 0 aliphatic heterocycles. The van der Waals surface area contributed by atoms with Crippen LogP contribution in [0.15, 0.2) is 42.7 Å². The molecule has 1 aromatic heterocycles. The number of carbonyl (C=O) groups excluding carboxylic acids is 1. The zero-order valence-corrected chi connectivity index (χ0v) is 11.0. The fourth-order valence-electron chi connectivity index (χ4n) is 1.84. The Kier molecular flexibility index (Phi) is 4.10. The average molecular weight is 270 g/mol. The Morgan fingerprint density at radius 1 is 1.25 bits per heavy atom. The molecule has 0 bridgehead atoms. The molecule has 20 heavy (non-hydrogen) atoms. The van der Waals surface area contributed by atoms with Crippen LogP contribution in [0.25, 0.3) is 0 Å². The van der Waals surface area contributed by atoms with E-state index >= 15 is 0 Å². The van der Waals surface area contributed by atoms with Crippen LogP contribution in [0.4, 0.5) is 5.69 Å². The molecule has 0 aliphatic rings. The fraction of sp³-hybridized carbons (Fsp3) is 0.133. The van der Waals surface area contributed by atoms with Gasteiger partial charge in [-0.25, -0.2) is 4.79 Å². The maximum Gasteiger partial charge on any atom is 0.337 e. The first-order chi connectivity index (χ1) is 9.54. The molecule has 0 unspecified atom stereocenters. The molecule has 1 heterocycles. The number of hydrogen-bond acceptors (Lipinski definition) is 3. The van der Waals surface area contributed by atoms with Gasteiger partial charge in [0.1, 0.15) is 0 Å². The van der Waals surface area contributed by atoms with Crippen molar-refractivity contribution >= 4 is 17.6 Å². The van der Waals surface area contributed by atoms with Crippen LogP contribution in [0.2, 0.25) is 0 Å². The van der Waals surface area contributed by atoms with E-state index in [4.69, 9.17) is 5.11 Å². The Bertz CT molecular complexity index is 653. The van der Waals surface area contributed by atoms with E-state index < -0.39 is 5.97 Å². The van der Waals surface area contributed by atoms with Crippen LogP contribution < -0.4 is 5.32 Å². The molecular formula is C15H14N2O3. The number of anilines is 1. The summed E-state index contributed by atoms with van der Waals surface area (Å²) in [5.41, 5.74) is 2.41. The number of nitrogens with one attached hydrogen (secondary N) is 1. The van der Waals surface area contributed by atoms with E-state index in [1.54, 1.807) is 0 Å². The van der Waals surface area contributed by atoms with Gasteiger partial charge in [-0.15, -0.1) is 0 Å². The van der Waals surface area contributed by atoms with Crippen LogP contribution in [-0.4, -0.2) is 22.0 Å². The van der Waals surface area contributed by atoms with E-state index in [1.807, 2.05) is 31.2 Å². The maximum absolute atomic E-state index is 11.9. The molecule has 102 valence electrons. The molecule has 2 rings (SSSR count). The summed E-state index contributed by atoms with van der Waals surface area (Å²) in [6.07, 6.45) is 2.89. The number of nitrogens with zero attached hydrogens (tertiary/aromatic N) is 1. The van der Waals surface area contributed by atoms with Gasteiger partial charge >= 0.3 is 5.97 Å². The number of aryl methyl sites for hydroxylation is 1. The lowest BCUT2D eigenvalue weighted by Gasteiger charge is -2.06. The molecule has 0 radical (unpaired) electrons. The monoisotopic (exact) mass is 270 g/mol. The number of rotatable bonds is 4. The van der Waals surface area contributed by atoms with Crippen LogP contribution in [0, 0.1) is 6.92 Å². The van der Waals surface area contributed by atoms with Gasteiger partial charge in [0, 0.05) is 6.20 Å². The van der Waals surface area contributed by atoms with Crippen molar-refractivity contribution in [2.45, 2.75) is 13.3 Å². The van der Waals surface area contributed by atoms with E-state index in [0.717, 1.165) is 11.1 Å². The molecule has 5 nitrogen and oxygen atoms in total. The first-order valence-corrected chi connectivity index (χ1v) is 6.08. The second-order valence-corrected chi connectivity index (χ2v) is 4.48. The lowest BCUT2D eigenvalue weighted by atomic mass is 10.1. The number of carbonyl (C=O) groups is 2. The predicted octanol–water partition coefficient (Wildman–Crippen LogP) is 2.27. The van der Waals surface area contributed by atoms with E-state index in [2.05, 4.69) is 10.3 Å². The standard InChI is InChI=1S/C15H14N2O3/c1-10-3-2-4-11(5-10)6-14(18)17-13-7-12(15(19)20)8-16-9-13/h2-5,7-9H,6H2,1H3,(H,17,18)(H,19,20). The first-order valence-electron chi connectivity index (χ1n) is 6.08. The van der Waals surface area contributed by atoms with Crippen molar-refractivity contribution in [1.82, 2.24) is 4.98 Å². The van der Waals surface area contributed by atoms with Gasteiger partial charge in [-0.1, -0.05) is 29.8 Å². The third-order valence-corrected chi connectivity index (χ3v) is 2.72. The summed E-state index contributed by atoms with van der Waals surface area (Å²) in [4.78, 5) is 26.5. The number of carboxylic acid groups (broad SMARTS) is 1. The number of aromatic nitrogens is 1. The summed E-state index contributed by atoms with van der Waals surface area (Å²) >= 11 is 0. The second-order valence-electron chi connectivity index (χ2n) is 4.48. The summed E-state index contributed by atoms with van der Waals surface area (Å²) in [6, 6.07) is 9.04. The van der Waals surface area contributed by atoms with Crippen LogP contribution in [0.5, 0.6) is 0 Å². The largest absolute Gasteiger partial charge is 0.478 e. The Morgan fingerprint density at radius 2 is 2.05 bits per heavy atom. The molecule has 0 spiro atoms. The minimum Gasteiger partial charge on any atom is -0.478 e. The molecule has 2 N–H and O–H groups in total. The van der Waals surface area contributed by atoms with E-state index in [1.165, 1.54) is 18.5 Å². The minimum atomic E-state index is -1.08. The van der Waals surface area contributed by atoms with Crippen LogP contribution in [-0.2, 0) is 11.2 Å². The Morgan fingerprint density at radius 3 is 2.75 bits per heavy atom. The smallest absolute Gasteiger partial charge is 0.337 e. The van der Waals surface area contributed by atoms with Crippen LogP contribution in [0.1, 0.15) is 21.5 Å². The molecule has 2 aromatic rings. The fourth-order valence-corrected chi connectivity index (χ4v) is 1.84. The molecule has 0 saturated heterocycles. The highest BCUT2D eigenvalue weighted by molar-refractivity contribution is 5.94. The van der Waals surface area contributed by atoms with Crippen molar-refractivity contribution in [3.8, 4) is 0 Å². The molecule has 5 heteroatoms. The number of pyridine rings is 1. The van der Waals surface area contributed by atoms with Gasteiger partial charge in [-0.3, -0.25) is 9.78 Å². The normalized spacial score (nSPS) is 10.1. The molecule has 1 amide bonds. The summed E-state index contributed by atoms with van der Waals surface area (Å²) in [7, 11) is 0. The molecule has 0 saturated carbocycles. The Hall–Kier alpha value is -2.69. The van der Waals surface area contributed by atoms with Crippen molar-refractivity contribution in [3.63, 3.8) is 0 Å². The van der Waals surface area contributed by atoms with Crippen molar-refractivity contribution in [3.05, 3.63) is 59.4 Å². The summed E-state index contributed by atoms with van der Waals surface area (Å²) in [5.74, 6) is -1.28. The highest BCUT2D eigenvalue weighted by Gasteiger charge is 2.08. The van der Waals surface area contributed by atoms with Crippen molar-refractivity contribution in [2.24, 2.45) is 0 Å². The lowest BCUT2D eigenvalue weighted by molar-refractivity contribution is -0.115. The van der Waals surface area contributed by atoms with Gasteiger partial charge in [-0.05, 0) is 18.6 Å². The van der Waals surface area contributed by atoms with E-state index in [9.17, 15) is 9.59 Å². The number of hydrogen-bond donors (Lipinski definition) is 2. The number of aromatic carboxylic acids is 1. The summed E-state index contributed by atoms with van der Waals surface area (Å²) in [6.45, 7) is 1.96. The Labute approximate surface area is 116 Å². The van der Waals surface area contributed by atoms with Crippen molar-refractivity contribution in [2.75, 3.05) is 5.32 Å². The summed E-state index contributed by atoms with van der Waals surface area (Å²) < 4.78 is 0. The van der Waals surface area contributed by atoms with Crippen molar-refractivity contribution in [1.29, 1.82) is 0 Å². The Balaban J connectivity index is 2.04. The predicted molar refractivity (Wildman–Crippen MR) is 74.7 cm³/mol. The third kappa shape index (κ3) is 3.65. The van der Waals surface area contributed by atoms with Gasteiger partial charge in [0.25, 0.3) is 0 Å². The van der Waals surface area contributed by atoms with Crippen LogP contribution >= 0.6 is 0 Å². The molecule has 1 aromatic carbocycles. The second kappa shape index (κ2) is 5.97. The molecule has 0 atom stereocenters. The number of amides is 1. The number of benzene rings is 1. The van der Waals surface area contributed by atoms with E-state index in [0.29, 0.717) is 5.69 Å². The van der Waals surface area contributed by atoms with Gasteiger partial charge < -0.3 is 10.4 Å². The van der Waals surface area contributed by atoms with Gasteiger partial charge in [0.2, 0.25) is 5.91 Å². The first kappa shape index (κ1) is 13.7. The van der Waals surface area contributed by atoms with Gasteiger partial charge in [0.05, 0.1) is 23.9 Å². The maximum atomic E-state index is 11.9. The van der Waals surface area contributed by atoms with Gasteiger partial charge in [0.15, 0.2) is 0 Å². The lowest BCUT2D eigenvalue weighted by Crippen LogP contribution is -2.15. The molecule has 0 aliphatic carbocycles. The molecular weight excluding hydrogens is 256 g/mol. The molecule has 0 fully saturated rings.